The first-order valence-corrected chi connectivity index (χ1v) is 11.7. The number of hydrogen-bond acceptors (Lipinski definition) is 5. The molecule has 5 rings (SSSR count). The molecule has 1 atom stereocenters. The van der Waals surface area contributed by atoms with Crippen LogP contribution in [0.1, 0.15) is 50.4 Å². The quantitative estimate of drug-likeness (QED) is 0.549. The molecule has 1 aromatic heterocycles. The largest absolute Gasteiger partial charge is 0.454 e. The third-order valence-corrected chi connectivity index (χ3v) is 7.00. The van der Waals surface area contributed by atoms with Crippen molar-refractivity contribution < 1.29 is 28.9 Å². The molecule has 0 bridgehead atoms. The average molecular weight is 468 g/mol. The predicted octanol–water partition coefficient (Wildman–Crippen LogP) is 4.00. The molecule has 1 aliphatic carbocycles. The van der Waals surface area contributed by atoms with Crippen LogP contribution in [0.15, 0.2) is 36.4 Å². The lowest BCUT2D eigenvalue weighted by Crippen LogP contribution is -2.25. The fraction of sp³-hybridized carbons (Fsp3) is 0.444. The first kappa shape index (κ1) is 22.9. The van der Waals surface area contributed by atoms with Crippen molar-refractivity contribution in [2.24, 2.45) is 0 Å². The third-order valence-electron chi connectivity index (χ3n) is 7.00. The number of carbonyl (C=O) groups is 1. The Morgan fingerprint density at radius 2 is 1.88 bits per heavy atom. The third kappa shape index (κ3) is 3.87. The average Bonchev–Trinajstić information content (AvgIpc) is 3.35. The zero-order valence-corrected chi connectivity index (χ0v) is 19.7. The maximum atomic E-state index is 15.3. The van der Waals surface area contributed by atoms with E-state index >= 15 is 4.39 Å². The first-order chi connectivity index (χ1) is 16.1. The number of benzene rings is 2. The number of Topliss-reactive ketones (excluding diaryl/α,β-unsaturated/α-hetero) is 1. The molecule has 3 aromatic rings. The van der Waals surface area contributed by atoms with Gasteiger partial charge in [0.2, 0.25) is 6.79 Å². The van der Waals surface area contributed by atoms with Crippen LogP contribution in [0.4, 0.5) is 4.39 Å². The van der Waals surface area contributed by atoms with E-state index in [1.807, 2.05) is 49.6 Å². The van der Waals surface area contributed by atoms with Crippen LogP contribution in [-0.2, 0) is 28.6 Å². The van der Waals surface area contributed by atoms with Crippen molar-refractivity contribution >= 4 is 16.7 Å². The molecule has 0 spiro atoms. The molecule has 6 nitrogen and oxygen atoms in total. The summed E-state index contributed by atoms with van der Waals surface area (Å²) in [7, 11) is 0. The summed E-state index contributed by atoms with van der Waals surface area (Å²) in [4.78, 5) is 13.4. The summed E-state index contributed by atoms with van der Waals surface area (Å²) in [5.74, 6) is 0.871. The molecule has 34 heavy (non-hydrogen) atoms. The molecule has 0 amide bonds. The summed E-state index contributed by atoms with van der Waals surface area (Å²) in [5, 5.41) is 20.2. The number of ketones is 1. The molecule has 2 N–H and O–H groups in total. The first-order valence-electron chi connectivity index (χ1n) is 11.7. The van der Waals surface area contributed by atoms with Gasteiger partial charge in [-0.25, -0.2) is 4.39 Å². The van der Waals surface area contributed by atoms with E-state index in [1.54, 1.807) is 6.07 Å². The van der Waals surface area contributed by atoms with Gasteiger partial charge in [0.25, 0.3) is 0 Å². The maximum absolute atomic E-state index is 15.3. The summed E-state index contributed by atoms with van der Waals surface area (Å²) in [6.45, 7) is 6.11. The summed E-state index contributed by atoms with van der Waals surface area (Å²) in [5.41, 5.74) is 1.97. The highest BCUT2D eigenvalue weighted by Crippen LogP contribution is 2.51. The van der Waals surface area contributed by atoms with Gasteiger partial charge >= 0.3 is 0 Å². The molecule has 180 valence electrons. The van der Waals surface area contributed by atoms with Crippen LogP contribution in [0, 0.1) is 5.82 Å². The van der Waals surface area contributed by atoms with Gasteiger partial charge in [-0.2, -0.15) is 0 Å². The number of rotatable bonds is 7. The van der Waals surface area contributed by atoms with Crippen LogP contribution in [-0.4, -0.2) is 40.1 Å². The number of nitrogens with zero attached hydrogens (tertiary/aromatic N) is 1. The normalized spacial score (nSPS) is 17.2. The van der Waals surface area contributed by atoms with Crippen molar-refractivity contribution in [2.45, 2.75) is 63.5 Å². The number of halogens is 1. The number of fused-ring (bicyclic) bond motifs is 2. The smallest absolute Gasteiger partial charge is 0.231 e. The van der Waals surface area contributed by atoms with E-state index < -0.39 is 17.3 Å². The minimum absolute atomic E-state index is 0.00389. The second kappa shape index (κ2) is 8.10. The highest BCUT2D eigenvalue weighted by Gasteiger charge is 2.51. The Bertz CT molecular complexity index is 1270. The van der Waals surface area contributed by atoms with E-state index in [0.29, 0.717) is 22.6 Å². The van der Waals surface area contributed by atoms with Gasteiger partial charge in [0.05, 0.1) is 30.2 Å². The molecule has 0 radical (unpaired) electrons. The minimum Gasteiger partial charge on any atom is -0.454 e. The zero-order chi connectivity index (χ0) is 24.3. The number of aliphatic hydroxyl groups is 2. The Labute approximate surface area is 197 Å². The van der Waals surface area contributed by atoms with Gasteiger partial charge in [0, 0.05) is 22.9 Å². The van der Waals surface area contributed by atoms with Gasteiger partial charge in [0.15, 0.2) is 11.5 Å². The van der Waals surface area contributed by atoms with Gasteiger partial charge < -0.3 is 24.3 Å². The number of carbonyl (C=O) groups excluding carboxylic acids is 1. The molecule has 7 heteroatoms. The molecule has 1 fully saturated rings. The lowest BCUT2D eigenvalue weighted by Gasteiger charge is -2.23. The number of ether oxygens (including phenoxy) is 2. The second-order valence-electron chi connectivity index (χ2n) is 10.5. The number of hydrogen-bond donors (Lipinski definition) is 2. The molecule has 2 aliphatic rings. The van der Waals surface area contributed by atoms with Crippen LogP contribution in [0.3, 0.4) is 0 Å². The number of aliphatic hydroxyl groups excluding tert-OH is 2. The summed E-state index contributed by atoms with van der Waals surface area (Å²) < 4.78 is 28.0. The van der Waals surface area contributed by atoms with Gasteiger partial charge in [-0.05, 0) is 54.3 Å². The van der Waals surface area contributed by atoms with Crippen LogP contribution in [0.5, 0.6) is 11.5 Å². The van der Waals surface area contributed by atoms with Crippen molar-refractivity contribution in [2.75, 3.05) is 13.4 Å². The monoisotopic (exact) mass is 467 g/mol. The molecule has 1 unspecified atom stereocenters. The van der Waals surface area contributed by atoms with E-state index in [2.05, 4.69) is 0 Å². The molecule has 2 heterocycles. The maximum Gasteiger partial charge on any atom is 0.231 e. The Kier molecular flexibility index (Phi) is 5.45. The van der Waals surface area contributed by atoms with E-state index in [9.17, 15) is 15.0 Å². The molecular weight excluding hydrogens is 437 g/mol. The topological polar surface area (TPSA) is 80.9 Å². The Morgan fingerprint density at radius 3 is 2.56 bits per heavy atom. The molecule has 2 aromatic carbocycles. The van der Waals surface area contributed by atoms with Crippen molar-refractivity contribution in [3.8, 4) is 11.5 Å². The molecule has 1 aliphatic heterocycles. The van der Waals surface area contributed by atoms with E-state index in [4.69, 9.17) is 9.47 Å². The second-order valence-corrected chi connectivity index (χ2v) is 10.5. The fourth-order valence-corrected chi connectivity index (χ4v) is 4.94. The van der Waals surface area contributed by atoms with Crippen molar-refractivity contribution in [1.82, 2.24) is 4.57 Å². The van der Waals surface area contributed by atoms with E-state index in [-0.39, 0.29) is 37.6 Å². The van der Waals surface area contributed by atoms with Crippen LogP contribution in [0.2, 0.25) is 0 Å². The highest BCUT2D eigenvalue weighted by molar-refractivity contribution is 5.95. The van der Waals surface area contributed by atoms with Crippen LogP contribution < -0.4 is 9.47 Å². The molecular formula is C27H30FNO5. The van der Waals surface area contributed by atoms with Crippen molar-refractivity contribution in [3.63, 3.8) is 0 Å². The molecule has 0 saturated heterocycles. The SMILES string of the molecule is CC(C)(C)c1cc2cc(CC(=O)C3(c4ccc5c(c4)OCO5)CC3)c(F)cc2n1CC(O)CO. The molecule has 1 saturated carbocycles. The summed E-state index contributed by atoms with van der Waals surface area (Å²) in [6.07, 6.45) is 0.529. The zero-order valence-electron chi connectivity index (χ0n) is 19.7. The fourth-order valence-electron chi connectivity index (χ4n) is 4.94. The van der Waals surface area contributed by atoms with E-state index in [1.165, 1.54) is 6.07 Å². The van der Waals surface area contributed by atoms with E-state index in [0.717, 1.165) is 29.5 Å². The Balaban J connectivity index is 1.47. The van der Waals surface area contributed by atoms with Gasteiger partial charge in [0.1, 0.15) is 11.6 Å². The standard InChI is InChI=1S/C27H30FNO5/c1-26(2,3)24-9-17-8-16(20(28)12-21(17)29(24)13-19(31)14-30)10-25(32)27(6-7-27)18-4-5-22-23(11-18)34-15-33-22/h4-5,8-9,11-12,19,30-31H,6-7,10,13-15H2,1-3H3. The van der Waals surface area contributed by atoms with Gasteiger partial charge in [-0.15, -0.1) is 0 Å². The summed E-state index contributed by atoms with van der Waals surface area (Å²) >= 11 is 0. The predicted molar refractivity (Wildman–Crippen MR) is 126 cm³/mol. The Hall–Kier alpha value is -2.90. The van der Waals surface area contributed by atoms with Gasteiger partial charge in [-0.3, -0.25) is 4.79 Å². The number of aromatic nitrogens is 1. The van der Waals surface area contributed by atoms with Crippen molar-refractivity contribution in [1.29, 1.82) is 0 Å². The lowest BCUT2D eigenvalue weighted by atomic mass is 9.87. The lowest BCUT2D eigenvalue weighted by molar-refractivity contribution is -0.120. The van der Waals surface area contributed by atoms with Crippen molar-refractivity contribution in [3.05, 3.63) is 59.0 Å². The summed E-state index contributed by atoms with van der Waals surface area (Å²) in [6, 6.07) is 10.8. The van der Waals surface area contributed by atoms with Crippen LogP contribution >= 0.6 is 0 Å². The van der Waals surface area contributed by atoms with Crippen LogP contribution in [0.25, 0.3) is 10.9 Å². The highest BCUT2D eigenvalue weighted by atomic mass is 19.1. The Morgan fingerprint density at radius 1 is 1.15 bits per heavy atom. The van der Waals surface area contributed by atoms with Gasteiger partial charge in [-0.1, -0.05) is 26.8 Å². The minimum atomic E-state index is -0.947.